The Morgan fingerprint density at radius 2 is 1.79 bits per heavy atom. The minimum Gasteiger partial charge on any atom is -0.300 e. The van der Waals surface area contributed by atoms with Gasteiger partial charge in [0.1, 0.15) is 0 Å². The summed E-state index contributed by atoms with van der Waals surface area (Å²) in [7, 11) is 0. The van der Waals surface area contributed by atoms with E-state index in [9.17, 15) is 0 Å². The van der Waals surface area contributed by atoms with Gasteiger partial charge in [-0.05, 0) is 61.4 Å². The summed E-state index contributed by atoms with van der Waals surface area (Å²) in [5, 5.41) is 13.8. The number of nitrogens with zero attached hydrogens (tertiary/aromatic N) is 6. The van der Waals surface area contributed by atoms with Crippen LogP contribution in [0.5, 0.6) is 0 Å². The van der Waals surface area contributed by atoms with Crippen LogP contribution < -0.4 is 0 Å². The Balaban J connectivity index is 1.87. The summed E-state index contributed by atoms with van der Waals surface area (Å²) < 4.78 is 4.76. The van der Waals surface area contributed by atoms with Crippen molar-refractivity contribution in [2.24, 2.45) is 0 Å². The number of pyridine rings is 1. The SMILES string of the molecule is CCCN(Cc1ccc(C#N)cc1)Cn1nc(-c2ccncc2)n(CCC)c1=S. The molecule has 2 aromatic heterocycles. The molecule has 2 heterocycles. The zero-order valence-corrected chi connectivity index (χ0v) is 17.8. The molecule has 7 heteroatoms. The van der Waals surface area contributed by atoms with E-state index >= 15 is 0 Å². The van der Waals surface area contributed by atoms with Crippen LogP contribution in [0.4, 0.5) is 0 Å². The molecule has 3 aromatic rings. The third-order valence-electron chi connectivity index (χ3n) is 4.67. The first-order chi connectivity index (χ1) is 14.2. The normalized spacial score (nSPS) is 11.0. The van der Waals surface area contributed by atoms with Crippen molar-refractivity contribution in [3.8, 4) is 17.5 Å². The van der Waals surface area contributed by atoms with E-state index in [1.54, 1.807) is 12.4 Å². The molecule has 0 spiro atoms. The van der Waals surface area contributed by atoms with Crippen molar-refractivity contribution in [1.29, 1.82) is 5.26 Å². The third kappa shape index (κ3) is 5.17. The Hall–Kier alpha value is -2.82. The van der Waals surface area contributed by atoms with E-state index in [2.05, 4.69) is 34.4 Å². The fourth-order valence-corrected chi connectivity index (χ4v) is 3.60. The fraction of sp³-hybridized carbons (Fsp3) is 0.364. The van der Waals surface area contributed by atoms with Crippen LogP contribution in [0.3, 0.4) is 0 Å². The smallest absolute Gasteiger partial charge is 0.199 e. The van der Waals surface area contributed by atoms with Gasteiger partial charge in [-0.15, -0.1) is 0 Å². The van der Waals surface area contributed by atoms with Gasteiger partial charge in [0.2, 0.25) is 0 Å². The Morgan fingerprint density at radius 3 is 2.41 bits per heavy atom. The van der Waals surface area contributed by atoms with Gasteiger partial charge in [-0.2, -0.15) is 10.4 Å². The number of aromatic nitrogens is 4. The molecule has 0 unspecified atom stereocenters. The molecule has 0 radical (unpaired) electrons. The Labute approximate surface area is 177 Å². The van der Waals surface area contributed by atoms with Crippen LogP contribution in [-0.2, 0) is 19.8 Å². The molecular weight excluding hydrogens is 380 g/mol. The molecule has 0 fully saturated rings. The van der Waals surface area contributed by atoms with Gasteiger partial charge in [0.05, 0.1) is 18.3 Å². The lowest BCUT2D eigenvalue weighted by Crippen LogP contribution is -2.27. The molecule has 29 heavy (non-hydrogen) atoms. The molecule has 0 aliphatic carbocycles. The highest BCUT2D eigenvalue weighted by Crippen LogP contribution is 2.19. The molecule has 0 atom stereocenters. The van der Waals surface area contributed by atoms with E-state index < -0.39 is 0 Å². The predicted octanol–water partition coefficient (Wildman–Crippen LogP) is 4.63. The average molecular weight is 407 g/mol. The van der Waals surface area contributed by atoms with E-state index in [-0.39, 0.29) is 0 Å². The molecule has 3 rings (SSSR count). The van der Waals surface area contributed by atoms with E-state index in [0.29, 0.717) is 12.2 Å². The second-order valence-corrected chi connectivity index (χ2v) is 7.36. The second kappa shape index (κ2) is 10.1. The van der Waals surface area contributed by atoms with Gasteiger partial charge >= 0.3 is 0 Å². The number of rotatable bonds is 9. The van der Waals surface area contributed by atoms with Gasteiger partial charge in [-0.3, -0.25) is 14.5 Å². The van der Waals surface area contributed by atoms with Crippen molar-refractivity contribution in [3.63, 3.8) is 0 Å². The van der Waals surface area contributed by atoms with Crippen molar-refractivity contribution < 1.29 is 0 Å². The average Bonchev–Trinajstić information content (AvgIpc) is 3.05. The molecule has 0 saturated heterocycles. The van der Waals surface area contributed by atoms with Gasteiger partial charge < -0.3 is 0 Å². The lowest BCUT2D eigenvalue weighted by molar-refractivity contribution is 0.197. The maximum absolute atomic E-state index is 9.00. The van der Waals surface area contributed by atoms with Crippen molar-refractivity contribution in [1.82, 2.24) is 24.2 Å². The van der Waals surface area contributed by atoms with Crippen LogP contribution in [0, 0.1) is 16.1 Å². The minimum absolute atomic E-state index is 0.626. The molecule has 0 saturated carbocycles. The van der Waals surface area contributed by atoms with E-state index in [0.717, 1.165) is 48.6 Å². The van der Waals surface area contributed by atoms with E-state index in [4.69, 9.17) is 22.6 Å². The van der Waals surface area contributed by atoms with E-state index in [1.807, 2.05) is 41.1 Å². The highest BCUT2D eigenvalue weighted by atomic mass is 32.1. The molecule has 1 aromatic carbocycles. The lowest BCUT2D eigenvalue weighted by atomic mass is 10.1. The number of benzene rings is 1. The highest BCUT2D eigenvalue weighted by Gasteiger charge is 2.15. The van der Waals surface area contributed by atoms with Gasteiger partial charge in [-0.1, -0.05) is 26.0 Å². The maximum atomic E-state index is 9.00. The molecule has 0 amide bonds. The summed E-state index contributed by atoms with van der Waals surface area (Å²) >= 11 is 5.76. The number of nitriles is 1. The van der Waals surface area contributed by atoms with Crippen LogP contribution in [0.2, 0.25) is 0 Å². The van der Waals surface area contributed by atoms with E-state index in [1.165, 1.54) is 5.56 Å². The van der Waals surface area contributed by atoms with Crippen LogP contribution in [-0.4, -0.2) is 30.8 Å². The zero-order chi connectivity index (χ0) is 20.6. The number of hydrogen-bond acceptors (Lipinski definition) is 5. The Bertz CT molecular complexity index is 1010. The van der Waals surface area contributed by atoms with Gasteiger partial charge in [-0.25, -0.2) is 4.68 Å². The molecule has 0 bridgehead atoms. The standard InChI is InChI=1S/C22H26N6S/c1-3-13-26(16-19-7-5-18(15-23)6-8-19)17-28-22(29)27(14-4-2)21(25-28)20-9-11-24-12-10-20/h5-12H,3-4,13-14,16-17H2,1-2H3. The van der Waals surface area contributed by atoms with Crippen LogP contribution in [0.1, 0.15) is 37.8 Å². The third-order valence-corrected chi connectivity index (χ3v) is 5.10. The first kappa shape index (κ1) is 20.9. The van der Waals surface area contributed by atoms with Crippen molar-refractivity contribution in [2.45, 2.75) is 46.4 Å². The molecule has 150 valence electrons. The molecule has 0 aliphatic heterocycles. The van der Waals surface area contributed by atoms with Gasteiger partial charge in [0.25, 0.3) is 0 Å². The highest BCUT2D eigenvalue weighted by molar-refractivity contribution is 7.71. The van der Waals surface area contributed by atoms with Crippen LogP contribution >= 0.6 is 12.2 Å². The monoisotopic (exact) mass is 406 g/mol. The van der Waals surface area contributed by atoms with Crippen LogP contribution in [0.15, 0.2) is 48.8 Å². The molecular formula is C22H26N6S. The second-order valence-electron chi connectivity index (χ2n) is 7.00. The fourth-order valence-electron chi connectivity index (χ4n) is 3.32. The number of hydrogen-bond donors (Lipinski definition) is 0. The van der Waals surface area contributed by atoms with Crippen molar-refractivity contribution in [3.05, 3.63) is 64.7 Å². The topological polar surface area (TPSA) is 62.7 Å². The molecule has 6 nitrogen and oxygen atoms in total. The Morgan fingerprint density at radius 1 is 1.07 bits per heavy atom. The first-order valence-corrected chi connectivity index (χ1v) is 10.4. The van der Waals surface area contributed by atoms with Crippen LogP contribution in [0.25, 0.3) is 11.4 Å². The summed E-state index contributed by atoms with van der Waals surface area (Å²) in [6, 6.07) is 13.9. The predicted molar refractivity (Wildman–Crippen MR) is 116 cm³/mol. The van der Waals surface area contributed by atoms with Gasteiger partial charge in [0.15, 0.2) is 10.6 Å². The largest absolute Gasteiger partial charge is 0.300 e. The molecule has 0 aliphatic rings. The zero-order valence-electron chi connectivity index (χ0n) is 17.0. The quantitative estimate of drug-likeness (QED) is 0.485. The summed E-state index contributed by atoms with van der Waals surface area (Å²) in [6.45, 7) is 7.49. The summed E-state index contributed by atoms with van der Waals surface area (Å²) in [4.78, 5) is 6.44. The summed E-state index contributed by atoms with van der Waals surface area (Å²) in [6.07, 6.45) is 5.59. The van der Waals surface area contributed by atoms with Crippen molar-refractivity contribution >= 4 is 12.2 Å². The minimum atomic E-state index is 0.626. The molecule has 0 N–H and O–H groups in total. The maximum Gasteiger partial charge on any atom is 0.199 e. The summed E-state index contributed by atoms with van der Waals surface area (Å²) in [5.74, 6) is 0.883. The van der Waals surface area contributed by atoms with Crippen molar-refractivity contribution in [2.75, 3.05) is 6.54 Å². The Kier molecular flexibility index (Phi) is 7.28. The van der Waals surface area contributed by atoms with Gasteiger partial charge in [0, 0.05) is 31.0 Å². The summed E-state index contributed by atoms with van der Waals surface area (Å²) in [5.41, 5.74) is 2.87. The lowest BCUT2D eigenvalue weighted by Gasteiger charge is -2.21. The first-order valence-electron chi connectivity index (χ1n) is 9.95.